The minimum absolute atomic E-state index is 0.0419. The zero-order chi connectivity index (χ0) is 17.3. The van der Waals surface area contributed by atoms with E-state index in [9.17, 15) is 13.2 Å². The highest BCUT2D eigenvalue weighted by Crippen LogP contribution is 2.28. The number of nitrogens with zero attached hydrogens (tertiary/aromatic N) is 3. The maximum absolute atomic E-state index is 12.0. The van der Waals surface area contributed by atoms with Gasteiger partial charge in [0, 0.05) is 35.1 Å². The van der Waals surface area contributed by atoms with Gasteiger partial charge in [0.05, 0.1) is 12.9 Å². The first-order chi connectivity index (χ1) is 11.4. The van der Waals surface area contributed by atoms with E-state index in [0.29, 0.717) is 11.3 Å². The van der Waals surface area contributed by atoms with E-state index >= 15 is 0 Å². The third-order valence-corrected chi connectivity index (χ3v) is 4.87. The average molecular weight is 372 g/mol. The molecule has 10 heteroatoms. The number of benzene rings is 1. The van der Waals surface area contributed by atoms with Gasteiger partial charge in [-0.15, -0.1) is 5.10 Å². The SMILES string of the molecule is COc1ccc(-c2nnc(N3CC(CS(=O)(=O)Cl)CC3=O)o2)cc1. The number of methoxy groups -OCH3 is 1. The fraction of sp³-hybridized carbons (Fsp3) is 0.357. The van der Waals surface area contributed by atoms with Crippen LogP contribution in [0.25, 0.3) is 11.5 Å². The molecule has 8 nitrogen and oxygen atoms in total. The van der Waals surface area contributed by atoms with Crippen molar-refractivity contribution in [2.24, 2.45) is 5.92 Å². The summed E-state index contributed by atoms with van der Waals surface area (Å²) in [5.74, 6) is 0.0183. The normalized spacial score (nSPS) is 18.2. The largest absolute Gasteiger partial charge is 0.497 e. The molecule has 1 atom stereocenters. The molecule has 3 rings (SSSR count). The lowest BCUT2D eigenvalue weighted by molar-refractivity contribution is -0.117. The molecular formula is C14H14ClN3O5S. The van der Waals surface area contributed by atoms with Crippen LogP contribution >= 0.6 is 10.7 Å². The number of halogens is 1. The van der Waals surface area contributed by atoms with Gasteiger partial charge in [0.25, 0.3) is 0 Å². The van der Waals surface area contributed by atoms with Crippen LogP contribution in [0.5, 0.6) is 5.75 Å². The van der Waals surface area contributed by atoms with Gasteiger partial charge in [0.15, 0.2) is 0 Å². The van der Waals surface area contributed by atoms with Gasteiger partial charge in [-0.2, -0.15) is 0 Å². The summed E-state index contributed by atoms with van der Waals surface area (Å²) in [6.07, 6.45) is 0.0756. The molecule has 1 aliphatic rings. The Morgan fingerprint density at radius 1 is 1.33 bits per heavy atom. The predicted molar refractivity (Wildman–Crippen MR) is 86.4 cm³/mol. The molecule has 0 aliphatic carbocycles. The third-order valence-electron chi connectivity index (χ3n) is 3.62. The minimum Gasteiger partial charge on any atom is -0.497 e. The molecule has 0 radical (unpaired) electrons. The average Bonchev–Trinajstić information content (AvgIpc) is 3.12. The number of hydrogen-bond acceptors (Lipinski definition) is 7. The van der Waals surface area contributed by atoms with E-state index in [1.807, 2.05) is 0 Å². The molecule has 1 saturated heterocycles. The highest BCUT2D eigenvalue weighted by molar-refractivity contribution is 8.13. The Morgan fingerprint density at radius 3 is 2.67 bits per heavy atom. The molecule has 2 aromatic rings. The van der Waals surface area contributed by atoms with Crippen LogP contribution in [-0.4, -0.2) is 43.9 Å². The molecule has 0 saturated carbocycles. The number of aromatic nitrogens is 2. The fourth-order valence-corrected chi connectivity index (χ4v) is 3.86. The Hall–Kier alpha value is -2.13. The van der Waals surface area contributed by atoms with E-state index in [0.717, 1.165) is 0 Å². The molecule has 1 amide bonds. The van der Waals surface area contributed by atoms with E-state index in [-0.39, 0.29) is 36.5 Å². The second-order valence-electron chi connectivity index (χ2n) is 5.40. The van der Waals surface area contributed by atoms with Crippen molar-refractivity contribution in [2.45, 2.75) is 6.42 Å². The number of anilines is 1. The maximum atomic E-state index is 12.0. The van der Waals surface area contributed by atoms with Crippen molar-refractivity contribution in [1.82, 2.24) is 10.2 Å². The molecule has 2 heterocycles. The molecule has 1 fully saturated rings. The van der Waals surface area contributed by atoms with E-state index < -0.39 is 15.0 Å². The summed E-state index contributed by atoms with van der Waals surface area (Å²) in [5.41, 5.74) is 0.682. The highest BCUT2D eigenvalue weighted by atomic mass is 35.7. The Morgan fingerprint density at radius 2 is 2.04 bits per heavy atom. The van der Waals surface area contributed by atoms with Gasteiger partial charge >= 0.3 is 6.01 Å². The zero-order valence-corrected chi connectivity index (χ0v) is 14.2. The number of rotatable bonds is 5. The van der Waals surface area contributed by atoms with Gasteiger partial charge in [0.2, 0.25) is 20.8 Å². The number of ether oxygens (including phenoxy) is 1. The topological polar surface area (TPSA) is 103 Å². The van der Waals surface area contributed by atoms with Crippen molar-refractivity contribution in [3.63, 3.8) is 0 Å². The van der Waals surface area contributed by atoms with Gasteiger partial charge in [-0.1, -0.05) is 5.10 Å². The molecule has 1 aromatic carbocycles. The summed E-state index contributed by atoms with van der Waals surface area (Å²) < 4.78 is 32.9. The van der Waals surface area contributed by atoms with E-state index in [4.69, 9.17) is 19.8 Å². The van der Waals surface area contributed by atoms with Gasteiger partial charge in [-0.05, 0) is 24.3 Å². The second kappa shape index (κ2) is 6.40. The Balaban J connectivity index is 1.76. The number of carbonyl (C=O) groups is 1. The molecule has 0 N–H and O–H groups in total. The van der Waals surface area contributed by atoms with Crippen molar-refractivity contribution in [2.75, 3.05) is 24.3 Å². The van der Waals surface area contributed by atoms with Crippen LogP contribution in [0.15, 0.2) is 28.7 Å². The quantitative estimate of drug-likeness (QED) is 0.736. The van der Waals surface area contributed by atoms with Crippen LogP contribution in [0.2, 0.25) is 0 Å². The monoisotopic (exact) mass is 371 g/mol. The lowest BCUT2D eigenvalue weighted by Gasteiger charge is -2.10. The van der Waals surface area contributed by atoms with Crippen molar-refractivity contribution < 1.29 is 22.4 Å². The van der Waals surface area contributed by atoms with Crippen molar-refractivity contribution in [3.8, 4) is 17.2 Å². The second-order valence-corrected chi connectivity index (χ2v) is 8.22. The van der Waals surface area contributed by atoms with Gasteiger partial charge in [-0.3, -0.25) is 9.69 Å². The standard InChI is InChI=1S/C14H14ClN3O5S/c1-22-11-4-2-10(3-5-11)13-16-17-14(23-13)18-7-9(6-12(18)19)8-24(15,20)21/h2-5,9H,6-8H2,1H3. The lowest BCUT2D eigenvalue weighted by atomic mass is 10.1. The predicted octanol–water partition coefficient (Wildman–Crippen LogP) is 1.67. The first kappa shape index (κ1) is 16.7. The summed E-state index contributed by atoms with van der Waals surface area (Å²) in [5, 5.41) is 7.80. The molecule has 128 valence electrons. The van der Waals surface area contributed by atoms with E-state index in [1.165, 1.54) is 4.90 Å². The summed E-state index contributed by atoms with van der Waals surface area (Å²) in [6.45, 7) is 0.176. The van der Waals surface area contributed by atoms with E-state index in [2.05, 4.69) is 10.2 Å². The van der Waals surface area contributed by atoms with Gasteiger partial charge < -0.3 is 9.15 Å². The number of amides is 1. The third kappa shape index (κ3) is 3.68. The maximum Gasteiger partial charge on any atom is 0.325 e. The minimum atomic E-state index is -3.67. The van der Waals surface area contributed by atoms with Crippen LogP contribution in [-0.2, 0) is 13.8 Å². The van der Waals surface area contributed by atoms with Crippen molar-refractivity contribution in [1.29, 1.82) is 0 Å². The molecule has 1 unspecified atom stereocenters. The Bertz CT molecular complexity index is 850. The van der Waals surface area contributed by atoms with Gasteiger partial charge in [0.1, 0.15) is 5.75 Å². The van der Waals surface area contributed by atoms with Crippen LogP contribution in [0, 0.1) is 5.92 Å². The fourth-order valence-electron chi connectivity index (χ4n) is 2.53. The summed E-state index contributed by atoms with van der Waals surface area (Å²) in [6, 6.07) is 7.05. The first-order valence-corrected chi connectivity index (χ1v) is 9.54. The highest BCUT2D eigenvalue weighted by Gasteiger charge is 2.35. The van der Waals surface area contributed by atoms with E-state index in [1.54, 1.807) is 31.4 Å². The Labute approximate surface area is 142 Å². The molecule has 0 spiro atoms. The van der Waals surface area contributed by atoms with Crippen molar-refractivity contribution in [3.05, 3.63) is 24.3 Å². The van der Waals surface area contributed by atoms with Crippen LogP contribution in [0.3, 0.4) is 0 Å². The summed E-state index contributed by atoms with van der Waals surface area (Å²) in [7, 11) is 3.14. The lowest BCUT2D eigenvalue weighted by Crippen LogP contribution is -2.25. The molecule has 1 aromatic heterocycles. The van der Waals surface area contributed by atoms with Crippen LogP contribution in [0.4, 0.5) is 6.01 Å². The smallest absolute Gasteiger partial charge is 0.325 e. The number of hydrogen-bond donors (Lipinski definition) is 0. The molecule has 1 aliphatic heterocycles. The molecule has 0 bridgehead atoms. The summed E-state index contributed by atoms with van der Waals surface area (Å²) in [4.78, 5) is 13.3. The van der Waals surface area contributed by atoms with Crippen LogP contribution in [0.1, 0.15) is 6.42 Å². The molecule has 24 heavy (non-hydrogen) atoms. The zero-order valence-electron chi connectivity index (χ0n) is 12.7. The number of carbonyl (C=O) groups excluding carboxylic acids is 1. The molecular weight excluding hydrogens is 358 g/mol. The Kier molecular flexibility index (Phi) is 4.46. The van der Waals surface area contributed by atoms with Gasteiger partial charge in [-0.25, -0.2) is 8.42 Å². The summed E-state index contributed by atoms with van der Waals surface area (Å²) >= 11 is 0. The van der Waals surface area contributed by atoms with Crippen LogP contribution < -0.4 is 9.64 Å². The first-order valence-electron chi connectivity index (χ1n) is 7.06. The van der Waals surface area contributed by atoms with Crippen molar-refractivity contribution >= 4 is 31.7 Å².